The predicted molar refractivity (Wildman–Crippen MR) is 79.3 cm³/mol. The van der Waals surface area contributed by atoms with Crippen LogP contribution in [0, 0.1) is 5.95 Å². The number of halogens is 1. The Bertz CT molecular complexity index is 971. The minimum Gasteiger partial charge on any atom is -0.276 e. The highest BCUT2D eigenvalue weighted by Gasteiger charge is 2.12. The summed E-state index contributed by atoms with van der Waals surface area (Å²) in [4.78, 5) is 7.97. The first-order valence-corrected chi connectivity index (χ1v) is 6.66. The van der Waals surface area contributed by atoms with E-state index in [0.717, 1.165) is 22.2 Å². The standard InChI is InChI=1S/C15H11FN6/c1-22-8-10(6-19-22)12-5-11-13(7-18-12)20-21-15(11)9-2-3-17-14(16)4-9/h2-8H,1H3,(H,20,21). The largest absolute Gasteiger partial charge is 0.276 e. The number of aromatic nitrogens is 6. The van der Waals surface area contributed by atoms with E-state index < -0.39 is 5.95 Å². The number of aromatic amines is 1. The average Bonchev–Trinajstić information content (AvgIpc) is 3.12. The van der Waals surface area contributed by atoms with Gasteiger partial charge in [-0.3, -0.25) is 14.8 Å². The number of fused-ring (bicyclic) bond motifs is 1. The first-order valence-electron chi connectivity index (χ1n) is 6.66. The van der Waals surface area contributed by atoms with Crippen LogP contribution in [0.5, 0.6) is 0 Å². The van der Waals surface area contributed by atoms with Gasteiger partial charge in [0.05, 0.1) is 23.6 Å². The fraction of sp³-hybridized carbons (Fsp3) is 0.0667. The Hall–Kier alpha value is -3.09. The van der Waals surface area contributed by atoms with Crippen molar-refractivity contribution in [2.45, 2.75) is 0 Å². The van der Waals surface area contributed by atoms with Crippen LogP contribution in [0.1, 0.15) is 0 Å². The fourth-order valence-electron chi connectivity index (χ4n) is 2.40. The summed E-state index contributed by atoms with van der Waals surface area (Å²) in [5.74, 6) is -0.532. The third-order valence-corrected chi connectivity index (χ3v) is 3.45. The summed E-state index contributed by atoms with van der Waals surface area (Å²) in [6.45, 7) is 0. The van der Waals surface area contributed by atoms with Crippen molar-refractivity contribution in [3.05, 3.63) is 48.9 Å². The van der Waals surface area contributed by atoms with E-state index in [0.29, 0.717) is 11.3 Å². The molecule has 0 radical (unpaired) electrons. The molecule has 4 aromatic heterocycles. The minimum absolute atomic E-state index is 0.532. The summed E-state index contributed by atoms with van der Waals surface area (Å²) in [5.41, 5.74) is 3.83. The van der Waals surface area contributed by atoms with Crippen molar-refractivity contribution in [3.63, 3.8) is 0 Å². The second-order valence-electron chi connectivity index (χ2n) is 4.96. The Balaban J connectivity index is 1.90. The molecule has 6 nitrogen and oxygen atoms in total. The molecule has 0 amide bonds. The fourth-order valence-corrected chi connectivity index (χ4v) is 2.40. The summed E-state index contributed by atoms with van der Waals surface area (Å²) in [6, 6.07) is 5.01. The Labute approximate surface area is 124 Å². The second kappa shape index (κ2) is 4.73. The van der Waals surface area contributed by atoms with Gasteiger partial charge in [0.15, 0.2) is 0 Å². The van der Waals surface area contributed by atoms with Crippen LogP contribution in [0.3, 0.4) is 0 Å². The topological polar surface area (TPSA) is 72.3 Å². The zero-order valence-electron chi connectivity index (χ0n) is 11.7. The summed E-state index contributed by atoms with van der Waals surface area (Å²) in [7, 11) is 1.85. The molecule has 0 aliphatic heterocycles. The van der Waals surface area contributed by atoms with Crippen LogP contribution in [0.25, 0.3) is 33.4 Å². The number of pyridine rings is 2. The van der Waals surface area contributed by atoms with E-state index in [-0.39, 0.29) is 0 Å². The van der Waals surface area contributed by atoms with Crippen molar-refractivity contribution in [3.8, 4) is 22.5 Å². The molecule has 0 saturated heterocycles. The molecule has 0 aliphatic rings. The number of rotatable bonds is 2. The summed E-state index contributed by atoms with van der Waals surface area (Å²) in [5, 5.41) is 12.2. The number of hydrogen-bond donors (Lipinski definition) is 1. The Morgan fingerprint density at radius 3 is 2.82 bits per heavy atom. The van der Waals surface area contributed by atoms with Gasteiger partial charge >= 0.3 is 0 Å². The molecule has 0 aliphatic carbocycles. The summed E-state index contributed by atoms with van der Waals surface area (Å²) >= 11 is 0. The maximum atomic E-state index is 13.3. The highest BCUT2D eigenvalue weighted by atomic mass is 19.1. The molecule has 7 heteroatoms. The average molecular weight is 294 g/mol. The number of hydrogen-bond acceptors (Lipinski definition) is 4. The van der Waals surface area contributed by atoms with Gasteiger partial charge in [-0.15, -0.1) is 0 Å². The van der Waals surface area contributed by atoms with Gasteiger partial charge in [0.1, 0.15) is 5.69 Å². The van der Waals surface area contributed by atoms with Crippen molar-refractivity contribution in [1.29, 1.82) is 0 Å². The van der Waals surface area contributed by atoms with E-state index in [9.17, 15) is 4.39 Å². The molecule has 108 valence electrons. The third-order valence-electron chi connectivity index (χ3n) is 3.45. The van der Waals surface area contributed by atoms with E-state index in [1.165, 1.54) is 12.3 Å². The molecule has 4 heterocycles. The van der Waals surface area contributed by atoms with Gasteiger partial charge in [-0.2, -0.15) is 14.6 Å². The lowest BCUT2D eigenvalue weighted by Crippen LogP contribution is -1.86. The molecule has 0 bridgehead atoms. The number of aryl methyl sites for hydroxylation is 1. The lowest BCUT2D eigenvalue weighted by Gasteiger charge is -2.00. The van der Waals surface area contributed by atoms with Crippen molar-refractivity contribution in [2.75, 3.05) is 0 Å². The van der Waals surface area contributed by atoms with Gasteiger partial charge < -0.3 is 0 Å². The monoisotopic (exact) mass is 294 g/mol. The van der Waals surface area contributed by atoms with Crippen LogP contribution in [0.4, 0.5) is 4.39 Å². The van der Waals surface area contributed by atoms with Crippen LogP contribution in [-0.2, 0) is 7.05 Å². The molecule has 0 aromatic carbocycles. The minimum atomic E-state index is -0.532. The van der Waals surface area contributed by atoms with Crippen LogP contribution >= 0.6 is 0 Å². The highest BCUT2D eigenvalue weighted by Crippen LogP contribution is 2.28. The molecular weight excluding hydrogens is 283 g/mol. The molecule has 22 heavy (non-hydrogen) atoms. The Morgan fingerprint density at radius 1 is 1.14 bits per heavy atom. The van der Waals surface area contributed by atoms with E-state index in [4.69, 9.17) is 0 Å². The van der Waals surface area contributed by atoms with Gasteiger partial charge in [0, 0.05) is 42.0 Å². The van der Waals surface area contributed by atoms with Crippen molar-refractivity contribution >= 4 is 10.9 Å². The van der Waals surface area contributed by atoms with E-state index in [1.54, 1.807) is 23.1 Å². The lowest BCUT2D eigenvalue weighted by atomic mass is 10.1. The molecule has 0 atom stereocenters. The summed E-state index contributed by atoms with van der Waals surface area (Å²) in [6.07, 6.45) is 6.78. The van der Waals surface area contributed by atoms with E-state index in [2.05, 4.69) is 25.3 Å². The SMILES string of the molecule is Cn1cc(-c2cc3c(-c4ccnc(F)c4)n[nH]c3cn2)cn1. The maximum Gasteiger partial charge on any atom is 0.213 e. The van der Waals surface area contributed by atoms with Gasteiger partial charge in [0.25, 0.3) is 0 Å². The first-order chi connectivity index (χ1) is 10.7. The molecular formula is C15H11FN6. The zero-order valence-corrected chi connectivity index (χ0v) is 11.7. The molecule has 4 aromatic rings. The quantitative estimate of drug-likeness (QED) is 0.577. The zero-order chi connectivity index (χ0) is 15.1. The van der Waals surface area contributed by atoms with Crippen LogP contribution in [-0.4, -0.2) is 29.9 Å². The van der Waals surface area contributed by atoms with E-state index in [1.807, 2.05) is 19.3 Å². The van der Waals surface area contributed by atoms with Crippen molar-refractivity contribution in [2.24, 2.45) is 7.05 Å². The smallest absolute Gasteiger partial charge is 0.213 e. The van der Waals surface area contributed by atoms with Crippen LogP contribution in [0.2, 0.25) is 0 Å². The van der Waals surface area contributed by atoms with Crippen LogP contribution in [0.15, 0.2) is 43.0 Å². The lowest BCUT2D eigenvalue weighted by molar-refractivity contribution is 0.584. The van der Waals surface area contributed by atoms with Crippen LogP contribution < -0.4 is 0 Å². The number of nitrogens with one attached hydrogen (secondary N) is 1. The summed E-state index contributed by atoms with van der Waals surface area (Å²) < 4.78 is 15.1. The molecule has 0 fully saturated rings. The molecule has 4 rings (SSSR count). The first kappa shape index (κ1) is 12.6. The normalized spacial score (nSPS) is 11.2. The Morgan fingerprint density at radius 2 is 2.05 bits per heavy atom. The van der Waals surface area contributed by atoms with E-state index >= 15 is 0 Å². The molecule has 1 N–H and O–H groups in total. The third kappa shape index (κ3) is 2.03. The predicted octanol–water partition coefficient (Wildman–Crippen LogP) is 2.56. The van der Waals surface area contributed by atoms with Gasteiger partial charge in [0.2, 0.25) is 5.95 Å². The molecule has 0 spiro atoms. The molecule has 0 unspecified atom stereocenters. The van der Waals surface area contributed by atoms with Crippen molar-refractivity contribution in [1.82, 2.24) is 29.9 Å². The van der Waals surface area contributed by atoms with Gasteiger partial charge in [-0.1, -0.05) is 0 Å². The number of H-pyrrole nitrogens is 1. The molecule has 0 saturated carbocycles. The maximum absolute atomic E-state index is 13.3. The van der Waals surface area contributed by atoms with Crippen molar-refractivity contribution < 1.29 is 4.39 Å². The highest BCUT2D eigenvalue weighted by molar-refractivity contribution is 5.94. The van der Waals surface area contributed by atoms with Gasteiger partial charge in [-0.25, -0.2) is 4.98 Å². The number of nitrogens with zero attached hydrogens (tertiary/aromatic N) is 5. The Kier molecular flexibility index (Phi) is 2.72. The second-order valence-corrected chi connectivity index (χ2v) is 4.96. The van der Waals surface area contributed by atoms with Gasteiger partial charge in [-0.05, 0) is 12.1 Å².